The third-order valence-corrected chi connectivity index (χ3v) is 5.32. The molecule has 24 heavy (non-hydrogen) atoms. The van der Waals surface area contributed by atoms with Crippen molar-refractivity contribution in [1.82, 2.24) is 9.80 Å². The van der Waals surface area contributed by atoms with Gasteiger partial charge in [-0.1, -0.05) is 12.1 Å². The van der Waals surface area contributed by atoms with Gasteiger partial charge >= 0.3 is 12.1 Å². The van der Waals surface area contributed by atoms with E-state index in [-0.39, 0.29) is 23.7 Å². The maximum atomic E-state index is 12.4. The number of para-hydroxylation sites is 1. The van der Waals surface area contributed by atoms with Gasteiger partial charge in [0.25, 0.3) is 0 Å². The van der Waals surface area contributed by atoms with Crippen molar-refractivity contribution in [2.24, 2.45) is 0 Å². The van der Waals surface area contributed by atoms with E-state index in [0.717, 1.165) is 23.0 Å². The van der Waals surface area contributed by atoms with Gasteiger partial charge in [0.2, 0.25) is 0 Å². The van der Waals surface area contributed by atoms with Crippen molar-refractivity contribution in [3.05, 3.63) is 28.7 Å². The lowest BCUT2D eigenvalue weighted by Crippen LogP contribution is -2.53. The van der Waals surface area contributed by atoms with Gasteiger partial charge in [0.05, 0.1) is 11.2 Å². The van der Waals surface area contributed by atoms with Crippen molar-refractivity contribution in [3.63, 3.8) is 0 Å². The molecule has 0 saturated carbocycles. The first-order valence-electron chi connectivity index (χ1n) is 8.15. The molecule has 0 atom stereocenters. The third-order valence-electron chi connectivity index (χ3n) is 4.63. The van der Waals surface area contributed by atoms with E-state index in [9.17, 15) is 9.59 Å². The molecule has 3 rings (SSSR count). The summed E-state index contributed by atoms with van der Waals surface area (Å²) in [4.78, 5) is 28.1. The van der Waals surface area contributed by atoms with E-state index in [1.54, 1.807) is 4.90 Å². The lowest BCUT2D eigenvalue weighted by molar-refractivity contribution is 0.0958. The summed E-state index contributed by atoms with van der Waals surface area (Å²) in [7, 11) is 0. The Balaban J connectivity index is 1.58. The zero-order valence-electron chi connectivity index (χ0n) is 13.9. The van der Waals surface area contributed by atoms with Gasteiger partial charge in [0.1, 0.15) is 6.61 Å². The number of piperidine rings is 1. The highest BCUT2D eigenvalue weighted by atomic mass is 79.9. The predicted molar refractivity (Wildman–Crippen MR) is 95.0 cm³/mol. The quantitative estimate of drug-likeness (QED) is 0.830. The Morgan fingerprint density at radius 3 is 2.54 bits per heavy atom. The fraction of sp³-hybridized carbons (Fsp3) is 0.529. The number of amides is 3. The minimum absolute atomic E-state index is 0.108. The number of nitrogens with zero attached hydrogens (tertiary/aromatic N) is 2. The number of rotatable bonds is 2. The van der Waals surface area contributed by atoms with Gasteiger partial charge in [0.15, 0.2) is 0 Å². The molecule has 0 radical (unpaired) electrons. The SMILES string of the molecule is CC1(C)COC(=O)N1C1CCN(C(=O)Nc2ccccc2Br)CC1. The number of ether oxygens (including phenoxy) is 1. The minimum atomic E-state index is -0.277. The number of carbonyl (C=O) groups excluding carboxylic acids is 2. The first-order valence-corrected chi connectivity index (χ1v) is 8.94. The van der Waals surface area contributed by atoms with E-state index in [1.165, 1.54) is 0 Å². The Labute approximate surface area is 150 Å². The molecule has 2 aliphatic rings. The topological polar surface area (TPSA) is 61.9 Å². The van der Waals surface area contributed by atoms with E-state index in [0.29, 0.717) is 19.7 Å². The average molecular weight is 396 g/mol. The van der Waals surface area contributed by atoms with Gasteiger partial charge in [-0.3, -0.25) is 4.90 Å². The second kappa shape index (κ2) is 6.63. The van der Waals surface area contributed by atoms with Crippen LogP contribution in [-0.4, -0.2) is 53.2 Å². The minimum Gasteiger partial charge on any atom is -0.447 e. The molecule has 2 heterocycles. The predicted octanol–water partition coefficient (Wildman–Crippen LogP) is 3.68. The highest BCUT2D eigenvalue weighted by Crippen LogP contribution is 2.30. The lowest BCUT2D eigenvalue weighted by Gasteiger charge is -2.40. The van der Waals surface area contributed by atoms with E-state index in [4.69, 9.17) is 4.74 Å². The van der Waals surface area contributed by atoms with Gasteiger partial charge in [-0.15, -0.1) is 0 Å². The zero-order chi connectivity index (χ0) is 17.3. The van der Waals surface area contributed by atoms with Crippen LogP contribution in [0, 0.1) is 0 Å². The highest BCUT2D eigenvalue weighted by molar-refractivity contribution is 9.10. The molecule has 3 amide bonds. The maximum Gasteiger partial charge on any atom is 0.410 e. The van der Waals surface area contributed by atoms with Crippen LogP contribution in [0.1, 0.15) is 26.7 Å². The summed E-state index contributed by atoms with van der Waals surface area (Å²) < 4.78 is 6.05. The number of nitrogens with one attached hydrogen (secondary N) is 1. The number of carbonyl (C=O) groups is 2. The van der Waals surface area contributed by atoms with Crippen LogP contribution in [-0.2, 0) is 4.74 Å². The summed E-state index contributed by atoms with van der Waals surface area (Å²) >= 11 is 3.43. The smallest absolute Gasteiger partial charge is 0.410 e. The molecule has 130 valence electrons. The summed E-state index contributed by atoms with van der Waals surface area (Å²) in [5.41, 5.74) is 0.482. The van der Waals surface area contributed by atoms with Crippen LogP contribution >= 0.6 is 15.9 Å². The number of likely N-dealkylation sites (tertiary alicyclic amines) is 1. The molecule has 2 aliphatic heterocycles. The number of hydrogen-bond donors (Lipinski definition) is 1. The highest BCUT2D eigenvalue weighted by Gasteiger charge is 2.44. The summed E-state index contributed by atoms with van der Waals surface area (Å²) in [6.45, 7) is 5.71. The second-order valence-electron chi connectivity index (χ2n) is 6.87. The number of anilines is 1. The Kier molecular flexibility index (Phi) is 4.71. The Hall–Kier alpha value is -1.76. The summed E-state index contributed by atoms with van der Waals surface area (Å²) in [6.07, 6.45) is 1.29. The van der Waals surface area contributed by atoms with E-state index in [1.807, 2.05) is 43.0 Å². The molecule has 0 aliphatic carbocycles. The van der Waals surface area contributed by atoms with Crippen LogP contribution in [0.15, 0.2) is 28.7 Å². The molecule has 0 bridgehead atoms. The van der Waals surface area contributed by atoms with E-state index in [2.05, 4.69) is 21.2 Å². The number of urea groups is 1. The van der Waals surface area contributed by atoms with Crippen molar-refractivity contribution in [3.8, 4) is 0 Å². The number of benzene rings is 1. The van der Waals surface area contributed by atoms with Crippen LogP contribution in [0.4, 0.5) is 15.3 Å². The normalized spacial score (nSPS) is 20.9. The summed E-state index contributed by atoms with van der Waals surface area (Å²) in [6, 6.07) is 7.56. The first kappa shape index (κ1) is 17.1. The Bertz CT molecular complexity index is 642. The van der Waals surface area contributed by atoms with Crippen molar-refractivity contribution in [1.29, 1.82) is 0 Å². The number of halogens is 1. The molecule has 0 aromatic heterocycles. The van der Waals surface area contributed by atoms with Crippen LogP contribution < -0.4 is 5.32 Å². The third kappa shape index (κ3) is 3.36. The van der Waals surface area contributed by atoms with Crippen LogP contribution in [0.5, 0.6) is 0 Å². The fourth-order valence-corrected chi connectivity index (χ4v) is 3.74. The molecular weight excluding hydrogens is 374 g/mol. The van der Waals surface area contributed by atoms with Crippen molar-refractivity contribution in [2.75, 3.05) is 25.0 Å². The molecule has 0 spiro atoms. The average Bonchev–Trinajstić information content (AvgIpc) is 2.83. The van der Waals surface area contributed by atoms with Crippen LogP contribution in [0.3, 0.4) is 0 Å². The summed E-state index contributed by atoms with van der Waals surface area (Å²) in [5.74, 6) is 0. The van der Waals surface area contributed by atoms with Crippen molar-refractivity contribution in [2.45, 2.75) is 38.3 Å². The molecule has 2 saturated heterocycles. The van der Waals surface area contributed by atoms with Gasteiger partial charge < -0.3 is 15.0 Å². The number of hydrogen-bond acceptors (Lipinski definition) is 3. The Morgan fingerprint density at radius 2 is 1.96 bits per heavy atom. The summed E-state index contributed by atoms with van der Waals surface area (Å²) in [5, 5.41) is 2.92. The zero-order valence-corrected chi connectivity index (χ0v) is 15.5. The molecular formula is C17H22BrN3O3. The standard InChI is InChI=1S/C17H22BrN3O3/c1-17(2)11-24-16(23)21(17)12-7-9-20(10-8-12)15(22)19-14-6-4-3-5-13(14)18/h3-6,12H,7-11H2,1-2H3,(H,19,22). The molecule has 7 heteroatoms. The fourth-order valence-electron chi connectivity index (χ4n) is 3.35. The molecule has 2 fully saturated rings. The van der Waals surface area contributed by atoms with Crippen LogP contribution in [0.2, 0.25) is 0 Å². The molecule has 6 nitrogen and oxygen atoms in total. The first-order chi connectivity index (χ1) is 11.4. The molecule has 1 N–H and O–H groups in total. The van der Waals surface area contributed by atoms with Gasteiger partial charge in [0, 0.05) is 23.6 Å². The number of cyclic esters (lactones) is 1. The van der Waals surface area contributed by atoms with E-state index < -0.39 is 0 Å². The lowest BCUT2D eigenvalue weighted by atomic mass is 9.97. The second-order valence-corrected chi connectivity index (χ2v) is 7.72. The monoisotopic (exact) mass is 395 g/mol. The van der Waals surface area contributed by atoms with Crippen LogP contribution in [0.25, 0.3) is 0 Å². The molecule has 1 aromatic rings. The largest absolute Gasteiger partial charge is 0.447 e. The molecule has 1 aromatic carbocycles. The molecule has 0 unspecified atom stereocenters. The van der Waals surface area contributed by atoms with Gasteiger partial charge in [-0.2, -0.15) is 0 Å². The Morgan fingerprint density at radius 1 is 1.29 bits per heavy atom. The van der Waals surface area contributed by atoms with Crippen molar-refractivity contribution < 1.29 is 14.3 Å². The maximum absolute atomic E-state index is 12.4. The van der Waals surface area contributed by atoms with Gasteiger partial charge in [-0.05, 0) is 54.8 Å². The van der Waals surface area contributed by atoms with E-state index >= 15 is 0 Å². The van der Waals surface area contributed by atoms with Crippen molar-refractivity contribution >= 4 is 33.7 Å². The van der Waals surface area contributed by atoms with Gasteiger partial charge in [-0.25, -0.2) is 9.59 Å².